The topological polar surface area (TPSA) is 132 Å². The van der Waals surface area contributed by atoms with Crippen molar-refractivity contribution in [3.05, 3.63) is 101 Å². The first-order valence-electron chi connectivity index (χ1n) is 18.5. The number of carbonyl (C=O) groups excluding carboxylic acids is 3. The van der Waals surface area contributed by atoms with Crippen LogP contribution in [0.2, 0.25) is 0 Å². The molecule has 0 spiro atoms. The molecule has 0 radical (unpaired) electrons. The number of carbonyl (C=O) groups is 3. The smallest absolute Gasteiger partial charge is 0.331 e. The number of ether oxygens (including phenoxy) is 2. The van der Waals surface area contributed by atoms with Gasteiger partial charge in [0.15, 0.2) is 6.04 Å². The van der Waals surface area contributed by atoms with E-state index in [1.165, 1.54) is 24.3 Å². The molecule has 1 aliphatic heterocycles. The van der Waals surface area contributed by atoms with Gasteiger partial charge in [-0.25, -0.2) is 9.18 Å². The Morgan fingerprint density at radius 2 is 1.77 bits per heavy atom. The molecule has 1 heterocycles. The molecule has 9 nitrogen and oxygen atoms in total. The van der Waals surface area contributed by atoms with Gasteiger partial charge < -0.3 is 31.2 Å². The van der Waals surface area contributed by atoms with Crippen LogP contribution in [0.25, 0.3) is 5.57 Å². The second-order valence-electron chi connectivity index (χ2n) is 13.3. The summed E-state index contributed by atoms with van der Waals surface area (Å²) in [5.74, 6) is -0.930. The zero-order valence-corrected chi connectivity index (χ0v) is 32.3. The molecule has 2 bridgehead atoms. The van der Waals surface area contributed by atoms with Crippen molar-refractivity contribution in [2.75, 3.05) is 20.3 Å². The molecule has 0 aromatic heterocycles. The zero-order chi connectivity index (χ0) is 38.6. The maximum Gasteiger partial charge on any atom is 0.331 e. The number of benzene rings is 2. The summed E-state index contributed by atoms with van der Waals surface area (Å²) in [6.07, 6.45) is 9.60. The van der Waals surface area contributed by atoms with Gasteiger partial charge in [0, 0.05) is 18.3 Å². The van der Waals surface area contributed by atoms with Gasteiger partial charge in [0.25, 0.3) is 0 Å². The highest BCUT2D eigenvalue weighted by atomic mass is 19.1. The van der Waals surface area contributed by atoms with Crippen LogP contribution in [-0.2, 0) is 36.8 Å². The van der Waals surface area contributed by atoms with Crippen molar-refractivity contribution in [2.24, 2.45) is 11.7 Å². The first-order valence-corrected chi connectivity index (χ1v) is 18.5. The van der Waals surface area contributed by atoms with Crippen LogP contribution in [0.5, 0.6) is 0 Å². The molecule has 10 heteroatoms. The van der Waals surface area contributed by atoms with E-state index in [9.17, 15) is 18.8 Å². The standard InChI is InChI=1S/C24H34N4O5.C14H19F.C4H8/c1-3-19-23(24(31)32-2)28-20(29)13-27-22(17-8-5-9-17)18(25)11-15-6-4-7-16(10-15)12-26-21(30)14-33-19;1-5-10(2)8-12(4)14-9-13(15)7-6-11(14)3;1-3-4-2/h4,6-7,10,18-19,23,27H,3,5,8-9,11-14,25H2,1-2H3,(H,26,30)(H,28,29);6-10H,5H2,1-4H3;3H,1,4H2,2H3/b;12-8-;. The minimum absolute atomic E-state index is 0.0308. The van der Waals surface area contributed by atoms with Crippen LogP contribution in [0.1, 0.15) is 95.4 Å². The van der Waals surface area contributed by atoms with Crippen LogP contribution >= 0.6 is 0 Å². The lowest BCUT2D eigenvalue weighted by molar-refractivity contribution is -0.151. The summed E-state index contributed by atoms with van der Waals surface area (Å²) in [6.45, 7) is 15.8. The van der Waals surface area contributed by atoms with Crippen molar-refractivity contribution in [3.63, 3.8) is 0 Å². The summed E-state index contributed by atoms with van der Waals surface area (Å²) in [6, 6.07) is 11.6. The Labute approximate surface area is 310 Å². The quantitative estimate of drug-likeness (QED) is 0.190. The van der Waals surface area contributed by atoms with Gasteiger partial charge in [-0.1, -0.05) is 76.6 Å². The molecule has 2 aliphatic rings. The fraction of sp³-hybridized carbons (Fsp3) is 0.500. The number of hydrogen-bond donors (Lipinski definition) is 4. The molecule has 2 aromatic rings. The van der Waals surface area contributed by atoms with Gasteiger partial charge in [-0.3, -0.25) is 9.59 Å². The van der Waals surface area contributed by atoms with Gasteiger partial charge in [0.2, 0.25) is 11.8 Å². The third-order valence-corrected chi connectivity index (χ3v) is 9.15. The van der Waals surface area contributed by atoms with Crippen LogP contribution in [0.3, 0.4) is 0 Å². The molecule has 1 aliphatic carbocycles. The number of amides is 2. The Balaban J connectivity index is 0.000000408. The Morgan fingerprint density at radius 1 is 1.08 bits per heavy atom. The van der Waals surface area contributed by atoms with E-state index in [1.807, 2.05) is 57.2 Å². The van der Waals surface area contributed by atoms with Crippen molar-refractivity contribution in [1.82, 2.24) is 16.0 Å². The number of hydrogen-bond acceptors (Lipinski definition) is 7. The molecule has 52 heavy (non-hydrogen) atoms. The summed E-state index contributed by atoms with van der Waals surface area (Å²) in [5.41, 5.74) is 14.0. The number of aryl methyl sites for hydroxylation is 1. The number of allylic oxidation sites excluding steroid dienone is 4. The monoisotopic (exact) mass is 720 g/mol. The maximum absolute atomic E-state index is 13.1. The number of methoxy groups -OCH3 is 1. The van der Waals surface area contributed by atoms with Crippen molar-refractivity contribution in [3.8, 4) is 0 Å². The molecule has 4 unspecified atom stereocenters. The van der Waals surface area contributed by atoms with Crippen molar-refractivity contribution in [1.29, 1.82) is 0 Å². The average molecular weight is 721 g/mol. The lowest BCUT2D eigenvalue weighted by atomic mass is 9.87. The fourth-order valence-electron chi connectivity index (χ4n) is 5.73. The van der Waals surface area contributed by atoms with E-state index in [4.69, 9.17) is 15.2 Å². The highest BCUT2D eigenvalue weighted by Crippen LogP contribution is 2.29. The predicted octanol–water partition coefficient (Wildman–Crippen LogP) is 6.83. The molecule has 4 atom stereocenters. The van der Waals surface area contributed by atoms with Crippen LogP contribution in [-0.4, -0.2) is 56.2 Å². The molecule has 5 N–H and O–H groups in total. The van der Waals surface area contributed by atoms with E-state index < -0.39 is 18.1 Å². The molecular weight excluding hydrogens is 659 g/mol. The number of halogens is 1. The van der Waals surface area contributed by atoms with Gasteiger partial charge in [0.05, 0.1) is 19.8 Å². The van der Waals surface area contributed by atoms with Gasteiger partial charge in [-0.2, -0.15) is 0 Å². The Hall–Kier alpha value is -4.28. The molecule has 0 saturated heterocycles. The Morgan fingerprint density at radius 3 is 2.37 bits per heavy atom. The van der Waals surface area contributed by atoms with Gasteiger partial charge in [0.1, 0.15) is 12.4 Å². The zero-order valence-electron chi connectivity index (χ0n) is 32.3. The Kier molecular flexibility index (Phi) is 19.7. The second-order valence-corrected chi connectivity index (χ2v) is 13.3. The Bertz CT molecular complexity index is 1530. The molecular formula is C42H61FN4O5. The number of fused-ring (bicyclic) bond motifs is 2. The van der Waals surface area contributed by atoms with Crippen LogP contribution in [0, 0.1) is 18.7 Å². The predicted molar refractivity (Wildman–Crippen MR) is 208 cm³/mol. The highest BCUT2D eigenvalue weighted by molar-refractivity contribution is 5.86. The van der Waals surface area contributed by atoms with Crippen molar-refractivity contribution in [2.45, 2.75) is 111 Å². The summed E-state index contributed by atoms with van der Waals surface area (Å²) >= 11 is 0. The van der Waals surface area contributed by atoms with E-state index in [0.717, 1.165) is 60.1 Å². The lowest BCUT2D eigenvalue weighted by Gasteiger charge is -2.28. The summed E-state index contributed by atoms with van der Waals surface area (Å²) < 4.78 is 23.7. The maximum atomic E-state index is 13.1. The van der Waals surface area contributed by atoms with Crippen molar-refractivity contribution < 1.29 is 28.2 Å². The first kappa shape index (κ1) is 43.9. The van der Waals surface area contributed by atoms with E-state index in [2.05, 4.69) is 49.4 Å². The van der Waals surface area contributed by atoms with Crippen molar-refractivity contribution >= 4 is 23.4 Å². The van der Waals surface area contributed by atoms with Crippen LogP contribution in [0.15, 0.2) is 72.5 Å². The third-order valence-electron chi connectivity index (χ3n) is 9.15. The second kappa shape index (κ2) is 23.3. The number of rotatable bonds is 6. The molecule has 2 aromatic carbocycles. The largest absolute Gasteiger partial charge is 0.467 e. The molecule has 1 saturated carbocycles. The number of esters is 1. The SMILES string of the molecule is C=CCC.CCC(C)/C=C(/C)c1cc(F)ccc1C.CCC1OCC(=O)NCc2cccc(c2)CC(N)C(=C2CCC2)NCC(=O)NC1C(=O)OC. The summed E-state index contributed by atoms with van der Waals surface area (Å²) in [4.78, 5) is 37.4. The van der Waals surface area contributed by atoms with Gasteiger partial charge in [-0.05, 0) is 104 Å². The summed E-state index contributed by atoms with van der Waals surface area (Å²) in [5, 5.41) is 8.75. The lowest BCUT2D eigenvalue weighted by Crippen LogP contribution is -2.53. The van der Waals surface area contributed by atoms with Gasteiger partial charge in [-0.15, -0.1) is 6.58 Å². The highest BCUT2D eigenvalue weighted by Gasteiger charge is 2.31. The van der Waals surface area contributed by atoms with Gasteiger partial charge >= 0.3 is 5.97 Å². The van der Waals surface area contributed by atoms with E-state index in [-0.39, 0.29) is 36.8 Å². The fourth-order valence-corrected chi connectivity index (χ4v) is 5.73. The van der Waals surface area contributed by atoms with Crippen LogP contribution in [0.4, 0.5) is 4.39 Å². The van der Waals surface area contributed by atoms with E-state index in [1.54, 1.807) is 6.07 Å². The molecule has 286 valence electrons. The van der Waals surface area contributed by atoms with Crippen LogP contribution < -0.4 is 21.7 Å². The molecule has 4 rings (SSSR count). The molecule has 1 fully saturated rings. The molecule has 2 amide bonds. The van der Waals surface area contributed by atoms with E-state index >= 15 is 0 Å². The number of nitrogens with one attached hydrogen (secondary N) is 3. The minimum Gasteiger partial charge on any atom is -0.467 e. The summed E-state index contributed by atoms with van der Waals surface area (Å²) in [7, 11) is 1.25. The first-order chi connectivity index (χ1) is 24.9. The normalized spacial score (nSPS) is 20.5. The third kappa shape index (κ3) is 14.8. The average Bonchev–Trinajstić information content (AvgIpc) is 3.11. The number of nitrogens with two attached hydrogens (primary N) is 1. The van der Waals surface area contributed by atoms with E-state index in [0.29, 0.717) is 25.3 Å². The minimum atomic E-state index is -1.03.